The molecular formula is C16H17N5O. The molecule has 1 N–H and O–H groups in total. The van der Waals surface area contributed by atoms with E-state index in [1.54, 1.807) is 24.5 Å². The molecule has 1 fully saturated rings. The first-order chi connectivity index (χ1) is 10.7. The topological polar surface area (TPSA) is 85.7 Å². The van der Waals surface area contributed by atoms with Crippen molar-refractivity contribution in [3.05, 3.63) is 40.4 Å². The van der Waals surface area contributed by atoms with Gasteiger partial charge in [0.05, 0.1) is 5.69 Å². The highest BCUT2D eigenvalue weighted by atomic mass is 16.1. The number of aromatic amines is 1. The number of rotatable bonds is 2. The van der Waals surface area contributed by atoms with Gasteiger partial charge in [-0.15, -0.1) is 0 Å². The molecule has 0 amide bonds. The zero-order valence-corrected chi connectivity index (χ0v) is 12.4. The summed E-state index contributed by atoms with van der Waals surface area (Å²) in [6.07, 6.45) is 5.41. The molecule has 0 spiro atoms. The lowest BCUT2D eigenvalue weighted by molar-refractivity contribution is 0.434. The molecule has 6 heteroatoms. The smallest absolute Gasteiger partial charge is 0.270 e. The maximum absolute atomic E-state index is 12.2. The predicted octanol–water partition coefficient (Wildman–Crippen LogP) is 1.94. The number of anilines is 1. The van der Waals surface area contributed by atoms with Crippen molar-refractivity contribution in [2.75, 3.05) is 18.0 Å². The first-order valence-corrected chi connectivity index (χ1v) is 7.39. The van der Waals surface area contributed by atoms with Crippen molar-refractivity contribution >= 4 is 5.95 Å². The molecule has 112 valence electrons. The van der Waals surface area contributed by atoms with Gasteiger partial charge in [0.1, 0.15) is 11.6 Å². The van der Waals surface area contributed by atoms with Crippen molar-refractivity contribution < 1.29 is 0 Å². The highest BCUT2D eigenvalue weighted by Gasteiger charge is 2.20. The third kappa shape index (κ3) is 2.70. The highest BCUT2D eigenvalue weighted by Crippen LogP contribution is 2.23. The first-order valence-electron chi connectivity index (χ1n) is 7.39. The number of hydrogen-bond acceptors (Lipinski definition) is 5. The molecule has 0 saturated carbocycles. The molecule has 3 heterocycles. The predicted molar refractivity (Wildman–Crippen MR) is 83.4 cm³/mol. The van der Waals surface area contributed by atoms with E-state index in [9.17, 15) is 10.1 Å². The molecule has 1 aliphatic rings. The lowest BCUT2D eigenvalue weighted by atomic mass is 9.99. The van der Waals surface area contributed by atoms with Crippen LogP contribution >= 0.6 is 0 Å². The van der Waals surface area contributed by atoms with Crippen LogP contribution in [0.1, 0.15) is 25.3 Å². The summed E-state index contributed by atoms with van der Waals surface area (Å²) in [5.74, 6) is 1.23. The summed E-state index contributed by atoms with van der Waals surface area (Å²) in [6, 6.07) is 5.52. The molecule has 2 aromatic heterocycles. The third-order valence-corrected chi connectivity index (χ3v) is 4.04. The van der Waals surface area contributed by atoms with Gasteiger partial charge in [0.25, 0.3) is 5.56 Å². The summed E-state index contributed by atoms with van der Waals surface area (Å²) in [5.41, 5.74) is 0.705. The zero-order valence-electron chi connectivity index (χ0n) is 12.4. The maximum Gasteiger partial charge on any atom is 0.270 e. The van der Waals surface area contributed by atoms with Crippen LogP contribution in [0.25, 0.3) is 11.3 Å². The van der Waals surface area contributed by atoms with Gasteiger partial charge in [-0.3, -0.25) is 14.8 Å². The minimum Gasteiger partial charge on any atom is -0.342 e. The number of nitrogens with zero attached hydrogens (tertiary/aromatic N) is 4. The minimum absolute atomic E-state index is 0.0297. The zero-order chi connectivity index (χ0) is 15.5. The molecule has 3 rings (SSSR count). The quantitative estimate of drug-likeness (QED) is 0.915. The van der Waals surface area contributed by atoms with Gasteiger partial charge in [-0.1, -0.05) is 6.92 Å². The lowest BCUT2D eigenvalue weighted by Crippen LogP contribution is -2.35. The van der Waals surface area contributed by atoms with E-state index in [1.165, 1.54) is 0 Å². The van der Waals surface area contributed by atoms with E-state index in [1.807, 2.05) is 6.07 Å². The fraction of sp³-hybridized carbons (Fsp3) is 0.375. The van der Waals surface area contributed by atoms with Gasteiger partial charge in [0, 0.05) is 31.0 Å². The third-order valence-electron chi connectivity index (χ3n) is 4.04. The van der Waals surface area contributed by atoms with E-state index in [-0.39, 0.29) is 5.56 Å². The van der Waals surface area contributed by atoms with E-state index in [2.05, 4.69) is 26.8 Å². The van der Waals surface area contributed by atoms with Gasteiger partial charge in [-0.2, -0.15) is 5.26 Å². The van der Waals surface area contributed by atoms with Crippen LogP contribution in [-0.4, -0.2) is 28.0 Å². The van der Waals surface area contributed by atoms with Crippen molar-refractivity contribution in [1.82, 2.24) is 15.0 Å². The number of nitrogens with one attached hydrogen (secondary N) is 1. The number of hydrogen-bond donors (Lipinski definition) is 1. The molecular weight excluding hydrogens is 278 g/mol. The Hall–Kier alpha value is -2.68. The molecule has 0 aliphatic carbocycles. The second-order valence-electron chi connectivity index (χ2n) is 5.64. The summed E-state index contributed by atoms with van der Waals surface area (Å²) in [7, 11) is 0. The maximum atomic E-state index is 12.2. The van der Waals surface area contributed by atoms with E-state index in [0.717, 1.165) is 25.9 Å². The SMILES string of the molecule is CC1CCN(c2nc(-c3cccnc3)c(C#N)c(=O)[nH]2)CC1. The summed E-state index contributed by atoms with van der Waals surface area (Å²) in [4.78, 5) is 25.6. The summed E-state index contributed by atoms with van der Waals surface area (Å²) < 4.78 is 0. The highest BCUT2D eigenvalue weighted by molar-refractivity contribution is 5.66. The Labute approximate surface area is 128 Å². The van der Waals surface area contributed by atoms with Crippen molar-refractivity contribution in [3.8, 4) is 17.3 Å². The van der Waals surface area contributed by atoms with E-state index < -0.39 is 5.56 Å². The second kappa shape index (κ2) is 5.98. The Bertz CT molecular complexity index is 754. The fourth-order valence-electron chi connectivity index (χ4n) is 2.65. The molecule has 2 aromatic rings. The average molecular weight is 295 g/mol. The molecule has 1 aliphatic heterocycles. The van der Waals surface area contributed by atoms with Crippen molar-refractivity contribution in [2.24, 2.45) is 5.92 Å². The standard InChI is InChI=1S/C16H17N5O/c1-11-4-7-21(8-5-11)16-19-14(12-3-2-6-18-10-12)13(9-17)15(22)20-16/h2-3,6,10-11H,4-5,7-8H2,1H3,(H,19,20,22). The van der Waals surface area contributed by atoms with Crippen LogP contribution in [0.3, 0.4) is 0 Å². The Morgan fingerprint density at radius 3 is 2.82 bits per heavy atom. The van der Waals surface area contributed by atoms with Crippen LogP contribution in [0.5, 0.6) is 0 Å². The molecule has 0 radical (unpaired) electrons. The van der Waals surface area contributed by atoms with Crippen molar-refractivity contribution in [3.63, 3.8) is 0 Å². The van der Waals surface area contributed by atoms with Crippen molar-refractivity contribution in [1.29, 1.82) is 5.26 Å². The number of H-pyrrole nitrogens is 1. The summed E-state index contributed by atoms with van der Waals surface area (Å²) >= 11 is 0. The van der Waals surface area contributed by atoms with Gasteiger partial charge in [-0.05, 0) is 30.9 Å². The van der Waals surface area contributed by atoms with E-state index in [4.69, 9.17) is 0 Å². The van der Waals surface area contributed by atoms with E-state index in [0.29, 0.717) is 23.1 Å². The molecule has 0 atom stereocenters. The second-order valence-corrected chi connectivity index (χ2v) is 5.64. The molecule has 22 heavy (non-hydrogen) atoms. The van der Waals surface area contributed by atoms with Gasteiger partial charge in [-0.25, -0.2) is 4.98 Å². The van der Waals surface area contributed by atoms with Gasteiger partial charge < -0.3 is 4.90 Å². The summed E-state index contributed by atoms with van der Waals surface area (Å²) in [5, 5.41) is 9.25. The van der Waals surface area contributed by atoms with Crippen LogP contribution < -0.4 is 10.5 Å². The molecule has 6 nitrogen and oxygen atoms in total. The Balaban J connectivity index is 2.06. The number of nitriles is 1. The van der Waals surface area contributed by atoms with Crippen LogP contribution in [0, 0.1) is 17.2 Å². The first kappa shape index (κ1) is 14.3. The monoisotopic (exact) mass is 295 g/mol. The number of aromatic nitrogens is 3. The van der Waals surface area contributed by atoms with Gasteiger partial charge in [0.2, 0.25) is 5.95 Å². The van der Waals surface area contributed by atoms with Crippen LogP contribution in [0.15, 0.2) is 29.3 Å². The number of piperidine rings is 1. The van der Waals surface area contributed by atoms with Crippen LogP contribution in [0.2, 0.25) is 0 Å². The Morgan fingerprint density at radius 1 is 1.41 bits per heavy atom. The normalized spacial score (nSPS) is 15.5. The summed E-state index contributed by atoms with van der Waals surface area (Å²) in [6.45, 7) is 3.96. The van der Waals surface area contributed by atoms with Gasteiger partial charge >= 0.3 is 0 Å². The average Bonchev–Trinajstić information content (AvgIpc) is 2.55. The van der Waals surface area contributed by atoms with Crippen LogP contribution in [0.4, 0.5) is 5.95 Å². The Morgan fingerprint density at radius 2 is 2.18 bits per heavy atom. The molecule has 0 aromatic carbocycles. The molecule has 0 unspecified atom stereocenters. The van der Waals surface area contributed by atoms with Crippen LogP contribution in [-0.2, 0) is 0 Å². The lowest BCUT2D eigenvalue weighted by Gasteiger charge is -2.30. The molecule has 0 bridgehead atoms. The fourth-order valence-corrected chi connectivity index (χ4v) is 2.65. The minimum atomic E-state index is -0.398. The van der Waals surface area contributed by atoms with Crippen molar-refractivity contribution in [2.45, 2.75) is 19.8 Å². The largest absolute Gasteiger partial charge is 0.342 e. The molecule has 1 saturated heterocycles. The van der Waals surface area contributed by atoms with E-state index >= 15 is 0 Å². The number of pyridine rings is 1. The van der Waals surface area contributed by atoms with Gasteiger partial charge in [0.15, 0.2) is 0 Å². The Kier molecular flexibility index (Phi) is 3.88.